The molecule has 0 aromatic carbocycles. The lowest BCUT2D eigenvalue weighted by Gasteiger charge is -1.76. The third kappa shape index (κ3) is 0.561. The van der Waals surface area contributed by atoms with Crippen LogP contribution in [0, 0.1) is 6.33 Å². The van der Waals surface area contributed by atoms with Crippen LogP contribution in [-0.4, -0.2) is 15.1 Å². The topological polar surface area (TPSA) is 51.8 Å². The average Bonchev–Trinajstić information content (AvgIpc) is 2.33. The van der Waals surface area contributed by atoms with Crippen molar-refractivity contribution < 1.29 is 4.52 Å². The molecule has 0 fully saturated rings. The average molecular weight is 120 g/mol. The van der Waals surface area contributed by atoms with Crippen molar-refractivity contribution in [3.63, 3.8) is 0 Å². The molecule has 0 unspecified atom stereocenters. The summed E-state index contributed by atoms with van der Waals surface area (Å²) in [5.41, 5.74) is 0.546. The van der Waals surface area contributed by atoms with E-state index in [9.17, 15) is 0 Å². The van der Waals surface area contributed by atoms with Crippen molar-refractivity contribution in [1.29, 1.82) is 0 Å². The van der Waals surface area contributed by atoms with Crippen LogP contribution in [0.1, 0.15) is 0 Å². The molecule has 4 heteroatoms. The molecule has 0 bridgehead atoms. The van der Waals surface area contributed by atoms with E-state index in [1.807, 2.05) is 0 Å². The van der Waals surface area contributed by atoms with Crippen molar-refractivity contribution in [2.75, 3.05) is 0 Å². The van der Waals surface area contributed by atoms with Crippen LogP contribution in [0.3, 0.4) is 0 Å². The second-order valence-corrected chi connectivity index (χ2v) is 1.56. The van der Waals surface area contributed by atoms with Crippen LogP contribution in [0.2, 0.25) is 0 Å². The van der Waals surface area contributed by atoms with Gasteiger partial charge in [0.15, 0.2) is 6.33 Å². The van der Waals surface area contributed by atoms with Crippen molar-refractivity contribution >= 4 is 11.0 Å². The van der Waals surface area contributed by atoms with Gasteiger partial charge in [-0.2, -0.15) is 0 Å². The van der Waals surface area contributed by atoms with Gasteiger partial charge in [-0.15, -0.1) is 0 Å². The minimum atomic E-state index is 0.546. The molecule has 43 valence electrons. The van der Waals surface area contributed by atoms with Crippen LogP contribution >= 0.6 is 0 Å². The molecule has 0 saturated carbocycles. The van der Waals surface area contributed by atoms with Gasteiger partial charge in [-0.3, -0.25) is 0 Å². The van der Waals surface area contributed by atoms with Crippen molar-refractivity contribution in [3.8, 4) is 0 Å². The molecule has 0 saturated heterocycles. The minimum Gasteiger partial charge on any atom is -0.362 e. The largest absolute Gasteiger partial charge is 0.362 e. The highest BCUT2D eigenvalue weighted by Gasteiger charge is 1.94. The van der Waals surface area contributed by atoms with Gasteiger partial charge in [0.05, 0.1) is 5.39 Å². The maximum atomic E-state index is 4.59. The van der Waals surface area contributed by atoms with Gasteiger partial charge in [-0.1, -0.05) is 5.16 Å². The molecule has 2 aromatic rings. The van der Waals surface area contributed by atoms with E-state index in [1.54, 1.807) is 6.20 Å². The van der Waals surface area contributed by atoms with E-state index in [2.05, 4.69) is 26.0 Å². The summed E-state index contributed by atoms with van der Waals surface area (Å²) in [6.07, 6.45) is 5.48. The van der Waals surface area contributed by atoms with Gasteiger partial charge >= 0.3 is 0 Å². The Morgan fingerprint density at radius 2 is 2.56 bits per heavy atom. The van der Waals surface area contributed by atoms with Crippen LogP contribution in [-0.2, 0) is 0 Å². The molecule has 4 nitrogen and oxygen atoms in total. The van der Waals surface area contributed by atoms with Crippen LogP contribution in [0.25, 0.3) is 11.0 Å². The molecule has 0 atom stereocenters. The Balaban J connectivity index is 2.95. The lowest BCUT2D eigenvalue weighted by Crippen LogP contribution is -1.76. The zero-order chi connectivity index (χ0) is 6.10. The smallest absolute Gasteiger partial charge is 0.206 e. The molecule has 0 amide bonds. The molecule has 0 spiro atoms. The molecule has 0 N–H and O–H groups in total. The fourth-order valence-electron chi connectivity index (χ4n) is 0.586. The number of rotatable bonds is 0. The fourth-order valence-corrected chi connectivity index (χ4v) is 0.586. The maximum Gasteiger partial charge on any atom is 0.206 e. The summed E-state index contributed by atoms with van der Waals surface area (Å²) in [5.74, 6) is 0. The highest BCUT2D eigenvalue weighted by atomic mass is 16.5. The van der Waals surface area contributed by atoms with Crippen molar-refractivity contribution in [2.45, 2.75) is 0 Å². The lowest BCUT2D eigenvalue weighted by atomic mass is 10.5. The summed E-state index contributed by atoms with van der Waals surface area (Å²) in [5, 5.41) is 4.36. The second-order valence-electron chi connectivity index (χ2n) is 1.56. The monoisotopic (exact) mass is 120 g/mol. The highest BCUT2D eigenvalue weighted by Crippen LogP contribution is 2.03. The highest BCUT2D eigenvalue weighted by molar-refractivity contribution is 5.70. The van der Waals surface area contributed by atoms with Crippen LogP contribution in [0.5, 0.6) is 0 Å². The fraction of sp³-hybridized carbons (Fsp3) is 0. The molecule has 0 aliphatic heterocycles. The number of aromatic nitrogens is 3. The lowest BCUT2D eigenvalue weighted by molar-refractivity contribution is 0.426. The molecule has 2 rings (SSSR count). The van der Waals surface area contributed by atoms with E-state index in [1.165, 1.54) is 6.26 Å². The summed E-state index contributed by atoms with van der Waals surface area (Å²) >= 11 is 0. The first kappa shape index (κ1) is 4.43. The van der Waals surface area contributed by atoms with Gasteiger partial charge in [0.1, 0.15) is 6.26 Å². The molecule has 9 heavy (non-hydrogen) atoms. The van der Waals surface area contributed by atoms with E-state index < -0.39 is 0 Å². The van der Waals surface area contributed by atoms with Gasteiger partial charge in [0.2, 0.25) is 5.65 Å². The Morgan fingerprint density at radius 3 is 3.44 bits per heavy atom. The molecule has 2 heterocycles. The summed E-state index contributed by atoms with van der Waals surface area (Å²) in [6.45, 7) is 0. The number of hydrogen-bond acceptors (Lipinski definition) is 4. The Bertz CT molecular complexity index is 286. The molecule has 0 aliphatic carbocycles. The van der Waals surface area contributed by atoms with E-state index in [0.717, 1.165) is 5.39 Å². The van der Waals surface area contributed by atoms with Crippen LogP contribution in [0.4, 0.5) is 0 Å². The van der Waals surface area contributed by atoms with Gasteiger partial charge < -0.3 is 4.52 Å². The molecule has 1 radical (unpaired) electrons. The predicted molar refractivity (Wildman–Crippen MR) is 28.4 cm³/mol. The summed E-state index contributed by atoms with van der Waals surface area (Å²) in [4.78, 5) is 7.35. The summed E-state index contributed by atoms with van der Waals surface area (Å²) in [6, 6.07) is 0. The number of fused-ring (bicyclic) bond motifs is 1. The van der Waals surface area contributed by atoms with E-state index in [0.29, 0.717) is 5.65 Å². The molecule has 0 aliphatic rings. The van der Waals surface area contributed by atoms with Crippen molar-refractivity contribution in [2.24, 2.45) is 0 Å². The quantitative estimate of drug-likeness (QED) is 0.505. The molecular formula is C5H2N3O. The van der Waals surface area contributed by atoms with Crippen LogP contribution in [0.15, 0.2) is 17.0 Å². The molecular weight excluding hydrogens is 118 g/mol. The first-order valence-electron chi connectivity index (χ1n) is 2.40. The van der Waals surface area contributed by atoms with Gasteiger partial charge in [0.25, 0.3) is 0 Å². The third-order valence-electron chi connectivity index (χ3n) is 0.994. The second kappa shape index (κ2) is 1.51. The summed E-state index contributed by atoms with van der Waals surface area (Å²) in [7, 11) is 0. The van der Waals surface area contributed by atoms with Gasteiger partial charge in [-0.25, -0.2) is 9.97 Å². The van der Waals surface area contributed by atoms with Crippen molar-refractivity contribution in [1.82, 2.24) is 15.1 Å². The van der Waals surface area contributed by atoms with Crippen molar-refractivity contribution in [3.05, 3.63) is 18.8 Å². The number of nitrogens with zero attached hydrogens (tertiary/aromatic N) is 3. The van der Waals surface area contributed by atoms with E-state index in [-0.39, 0.29) is 0 Å². The van der Waals surface area contributed by atoms with Gasteiger partial charge in [-0.05, 0) is 0 Å². The first-order chi connectivity index (χ1) is 4.47. The predicted octanol–water partition coefficient (Wildman–Crippen LogP) is 0.418. The van der Waals surface area contributed by atoms with E-state index >= 15 is 0 Å². The normalized spacial score (nSPS) is 10.2. The number of hydrogen-bond donors (Lipinski definition) is 0. The zero-order valence-corrected chi connectivity index (χ0v) is 4.40. The van der Waals surface area contributed by atoms with E-state index in [4.69, 9.17) is 0 Å². The Hall–Kier alpha value is -1.45. The van der Waals surface area contributed by atoms with Gasteiger partial charge in [0, 0.05) is 6.20 Å². The summed E-state index contributed by atoms with van der Waals surface area (Å²) < 4.78 is 4.59. The minimum absolute atomic E-state index is 0.546. The van der Waals surface area contributed by atoms with Crippen LogP contribution < -0.4 is 0 Å². The zero-order valence-electron chi connectivity index (χ0n) is 4.40. The maximum absolute atomic E-state index is 4.59. The SMILES string of the molecule is [c]1ncc2conc2n1. The Labute approximate surface area is 50.5 Å². The molecule has 2 aromatic heterocycles. The Kier molecular flexibility index (Phi) is 0.745. The third-order valence-corrected chi connectivity index (χ3v) is 0.994. The standard InChI is InChI=1S/C5H2N3O/c1-4-2-9-8-5(4)7-3-6-1/h1-2H. The Morgan fingerprint density at radius 1 is 1.56 bits per heavy atom. The first-order valence-corrected chi connectivity index (χ1v) is 2.40.